The second kappa shape index (κ2) is 15.9. The lowest BCUT2D eigenvalue weighted by Gasteiger charge is -2.34. The van der Waals surface area contributed by atoms with E-state index in [1.165, 1.54) is 11.1 Å². The zero-order valence-electron chi connectivity index (χ0n) is 19.9. The van der Waals surface area contributed by atoms with Gasteiger partial charge in [-0.1, -0.05) is 42.5 Å². The highest BCUT2D eigenvalue weighted by Crippen LogP contribution is 2.17. The molecule has 0 spiro atoms. The Hall–Kier alpha value is -1.84. The van der Waals surface area contributed by atoms with Gasteiger partial charge in [-0.2, -0.15) is 0 Å². The molecule has 33 heavy (non-hydrogen) atoms. The van der Waals surface area contributed by atoms with Crippen LogP contribution in [0.4, 0.5) is 0 Å². The molecular weight excluding hydrogens is 529 g/mol. The third kappa shape index (κ3) is 9.51. The van der Waals surface area contributed by atoms with E-state index in [1.807, 2.05) is 30.3 Å². The fourth-order valence-electron chi connectivity index (χ4n) is 3.80. The molecule has 1 N–H and O–H groups in total. The maximum atomic E-state index is 6.00. The summed E-state index contributed by atoms with van der Waals surface area (Å²) in [5.41, 5.74) is 2.36. The van der Waals surface area contributed by atoms with Crippen LogP contribution >= 0.6 is 24.0 Å². The van der Waals surface area contributed by atoms with E-state index in [1.54, 1.807) is 7.11 Å². The minimum absolute atomic E-state index is 0. The van der Waals surface area contributed by atoms with Gasteiger partial charge in [0.15, 0.2) is 5.96 Å². The van der Waals surface area contributed by atoms with E-state index in [-0.39, 0.29) is 24.0 Å². The number of aliphatic imine (C=N–C) groups is 1. The number of rotatable bonds is 11. The third-order valence-electron chi connectivity index (χ3n) is 5.58. The molecule has 7 heteroatoms. The molecule has 0 unspecified atom stereocenters. The number of para-hydroxylation sites is 1. The van der Waals surface area contributed by atoms with E-state index in [4.69, 9.17) is 19.2 Å². The SMILES string of the molecule is CCNC(=NCc1ccccc1COc1ccccc1)N1CCC(OCCCOC)CC1.I. The Bertz CT molecular complexity index is 811. The molecule has 0 aromatic heterocycles. The van der Waals surface area contributed by atoms with Crippen LogP contribution in [0.25, 0.3) is 0 Å². The van der Waals surface area contributed by atoms with Crippen molar-refractivity contribution in [3.05, 3.63) is 65.7 Å². The van der Waals surface area contributed by atoms with Gasteiger partial charge in [-0.3, -0.25) is 0 Å². The van der Waals surface area contributed by atoms with Crippen LogP contribution in [0.2, 0.25) is 0 Å². The molecule has 1 aliphatic rings. The summed E-state index contributed by atoms with van der Waals surface area (Å²) in [5, 5.41) is 3.46. The highest BCUT2D eigenvalue weighted by atomic mass is 127. The standard InChI is InChI=1S/C26H37N3O3.HI/c1-3-27-26(29-16-14-25(15-17-29)31-19-9-18-30-2)28-20-22-10-7-8-11-23(22)21-32-24-12-5-4-6-13-24;/h4-8,10-13,25H,3,9,14-21H2,1-2H3,(H,27,28);1H. The molecule has 0 saturated carbocycles. The molecule has 3 rings (SSSR count). The van der Waals surface area contributed by atoms with E-state index >= 15 is 0 Å². The Kier molecular flexibility index (Phi) is 13.2. The minimum Gasteiger partial charge on any atom is -0.489 e. The van der Waals surface area contributed by atoms with E-state index in [2.05, 4.69) is 41.4 Å². The average Bonchev–Trinajstić information content (AvgIpc) is 2.85. The minimum atomic E-state index is 0. The van der Waals surface area contributed by atoms with Crippen LogP contribution in [0.15, 0.2) is 59.6 Å². The second-order valence-electron chi connectivity index (χ2n) is 7.94. The van der Waals surface area contributed by atoms with Crippen LogP contribution in [0.3, 0.4) is 0 Å². The number of halogens is 1. The quantitative estimate of drug-likeness (QED) is 0.182. The van der Waals surface area contributed by atoms with Gasteiger partial charge in [-0.05, 0) is 49.4 Å². The molecule has 182 valence electrons. The topological polar surface area (TPSA) is 55.3 Å². The fraction of sp³-hybridized carbons (Fsp3) is 0.500. The number of likely N-dealkylation sites (tertiary alicyclic amines) is 1. The molecule has 0 atom stereocenters. The Morgan fingerprint density at radius 1 is 1.00 bits per heavy atom. The average molecular weight is 568 g/mol. The summed E-state index contributed by atoms with van der Waals surface area (Å²) >= 11 is 0. The Morgan fingerprint density at radius 2 is 1.70 bits per heavy atom. The molecule has 1 saturated heterocycles. The summed E-state index contributed by atoms with van der Waals surface area (Å²) in [4.78, 5) is 7.30. The molecule has 0 bridgehead atoms. The zero-order valence-corrected chi connectivity index (χ0v) is 22.2. The van der Waals surface area contributed by atoms with Crippen molar-refractivity contribution in [2.45, 2.75) is 45.4 Å². The van der Waals surface area contributed by atoms with Crippen LogP contribution in [-0.4, -0.2) is 56.9 Å². The second-order valence-corrected chi connectivity index (χ2v) is 7.94. The van der Waals surface area contributed by atoms with Gasteiger partial charge in [-0.15, -0.1) is 24.0 Å². The monoisotopic (exact) mass is 567 g/mol. The van der Waals surface area contributed by atoms with Gasteiger partial charge >= 0.3 is 0 Å². The van der Waals surface area contributed by atoms with E-state index in [0.29, 0.717) is 19.3 Å². The molecule has 1 aliphatic heterocycles. The molecule has 2 aromatic rings. The van der Waals surface area contributed by atoms with Gasteiger partial charge in [0.05, 0.1) is 12.6 Å². The van der Waals surface area contributed by atoms with Gasteiger partial charge < -0.3 is 24.4 Å². The molecule has 0 radical (unpaired) electrons. The Labute approximate surface area is 215 Å². The zero-order chi connectivity index (χ0) is 22.4. The third-order valence-corrected chi connectivity index (χ3v) is 5.58. The van der Waals surface area contributed by atoms with Crippen molar-refractivity contribution in [3.8, 4) is 5.75 Å². The van der Waals surface area contributed by atoms with Crippen molar-refractivity contribution in [1.29, 1.82) is 0 Å². The molecule has 0 aliphatic carbocycles. The number of hydrogen-bond donors (Lipinski definition) is 1. The summed E-state index contributed by atoms with van der Waals surface area (Å²) in [5.74, 6) is 1.86. The van der Waals surface area contributed by atoms with Crippen molar-refractivity contribution >= 4 is 29.9 Å². The fourth-order valence-corrected chi connectivity index (χ4v) is 3.80. The van der Waals surface area contributed by atoms with E-state index in [9.17, 15) is 0 Å². The van der Waals surface area contributed by atoms with Crippen LogP contribution in [-0.2, 0) is 22.6 Å². The maximum Gasteiger partial charge on any atom is 0.194 e. The smallest absolute Gasteiger partial charge is 0.194 e. The number of nitrogens with zero attached hydrogens (tertiary/aromatic N) is 2. The highest BCUT2D eigenvalue weighted by molar-refractivity contribution is 14.0. The first kappa shape index (κ1) is 27.4. The number of ether oxygens (including phenoxy) is 3. The molecule has 1 heterocycles. The van der Waals surface area contributed by atoms with E-state index < -0.39 is 0 Å². The van der Waals surface area contributed by atoms with E-state index in [0.717, 1.165) is 63.8 Å². The first-order chi connectivity index (χ1) is 15.8. The van der Waals surface area contributed by atoms with Gasteiger partial charge in [0.25, 0.3) is 0 Å². The first-order valence-corrected chi connectivity index (χ1v) is 11.7. The van der Waals surface area contributed by atoms with Gasteiger partial charge in [0.2, 0.25) is 0 Å². The molecule has 1 fully saturated rings. The molecular formula is C26H38IN3O3. The number of piperidine rings is 1. The van der Waals surface area contributed by atoms with Gasteiger partial charge in [-0.25, -0.2) is 4.99 Å². The van der Waals surface area contributed by atoms with Gasteiger partial charge in [0, 0.05) is 40.0 Å². The lowest BCUT2D eigenvalue weighted by molar-refractivity contribution is 0.00990. The summed E-state index contributed by atoms with van der Waals surface area (Å²) in [6.45, 7) is 7.58. The lowest BCUT2D eigenvalue weighted by atomic mass is 10.1. The molecule has 6 nitrogen and oxygen atoms in total. The summed E-state index contributed by atoms with van der Waals surface area (Å²) in [6, 6.07) is 18.3. The van der Waals surface area contributed by atoms with Gasteiger partial charge in [0.1, 0.15) is 12.4 Å². The summed E-state index contributed by atoms with van der Waals surface area (Å²) < 4.78 is 17.1. The van der Waals surface area contributed by atoms with Crippen LogP contribution < -0.4 is 10.1 Å². The highest BCUT2D eigenvalue weighted by Gasteiger charge is 2.21. The predicted molar refractivity (Wildman–Crippen MR) is 144 cm³/mol. The van der Waals surface area contributed by atoms with Crippen LogP contribution in [0, 0.1) is 0 Å². The Morgan fingerprint density at radius 3 is 2.39 bits per heavy atom. The number of guanidine groups is 1. The van der Waals surface area contributed by atoms with Crippen molar-refractivity contribution in [3.63, 3.8) is 0 Å². The van der Waals surface area contributed by atoms with Crippen molar-refractivity contribution in [2.24, 2.45) is 4.99 Å². The number of benzene rings is 2. The predicted octanol–water partition coefficient (Wildman–Crippen LogP) is 4.87. The number of hydrogen-bond acceptors (Lipinski definition) is 4. The maximum absolute atomic E-state index is 6.00. The normalized spacial score (nSPS) is 14.6. The van der Waals surface area contributed by atoms with Crippen molar-refractivity contribution < 1.29 is 14.2 Å². The van der Waals surface area contributed by atoms with Crippen molar-refractivity contribution in [2.75, 3.05) is 40.0 Å². The summed E-state index contributed by atoms with van der Waals surface area (Å²) in [6.07, 6.45) is 3.34. The van der Waals surface area contributed by atoms with Crippen molar-refractivity contribution in [1.82, 2.24) is 10.2 Å². The largest absolute Gasteiger partial charge is 0.489 e. The summed E-state index contributed by atoms with van der Waals surface area (Å²) in [7, 11) is 1.73. The number of nitrogens with one attached hydrogen (secondary N) is 1. The number of methoxy groups -OCH3 is 1. The molecule has 2 aromatic carbocycles. The Balaban J connectivity index is 0.00000385. The van der Waals surface area contributed by atoms with Crippen LogP contribution in [0.1, 0.15) is 37.3 Å². The molecule has 0 amide bonds. The van der Waals surface area contributed by atoms with Crippen LogP contribution in [0.5, 0.6) is 5.75 Å². The first-order valence-electron chi connectivity index (χ1n) is 11.7. The lowest BCUT2D eigenvalue weighted by Crippen LogP contribution is -2.47.